The molecule has 1 unspecified atom stereocenters. The SMILES string of the molecule is CCC(O)c1ccc(SC(F)(F)F)cc1. The van der Waals surface area contributed by atoms with Crippen LogP contribution in [0.1, 0.15) is 25.0 Å². The van der Waals surface area contributed by atoms with Crippen LogP contribution in [-0.2, 0) is 0 Å². The number of aliphatic hydroxyl groups is 1. The summed E-state index contributed by atoms with van der Waals surface area (Å²) in [6.45, 7) is 1.81. The second kappa shape index (κ2) is 4.90. The van der Waals surface area contributed by atoms with Crippen molar-refractivity contribution in [2.45, 2.75) is 29.9 Å². The smallest absolute Gasteiger partial charge is 0.388 e. The maximum atomic E-state index is 12.0. The van der Waals surface area contributed by atoms with Gasteiger partial charge in [-0.1, -0.05) is 19.1 Å². The Bertz CT molecular complexity index is 307. The molecule has 0 bridgehead atoms. The summed E-state index contributed by atoms with van der Waals surface area (Å²) in [6, 6.07) is 5.77. The number of alkyl halides is 3. The van der Waals surface area contributed by atoms with Crippen LogP contribution in [0, 0.1) is 0 Å². The molecule has 0 aromatic heterocycles. The third-order valence-corrected chi connectivity index (χ3v) is 2.62. The van der Waals surface area contributed by atoms with Gasteiger partial charge in [0, 0.05) is 4.90 Å². The zero-order valence-corrected chi connectivity index (χ0v) is 8.90. The van der Waals surface area contributed by atoms with Crippen molar-refractivity contribution in [3.8, 4) is 0 Å². The minimum atomic E-state index is -4.26. The first-order valence-electron chi connectivity index (χ1n) is 4.46. The van der Waals surface area contributed by atoms with Crippen LogP contribution in [-0.4, -0.2) is 10.6 Å². The van der Waals surface area contributed by atoms with E-state index in [1.165, 1.54) is 24.3 Å². The Morgan fingerprint density at radius 3 is 2.20 bits per heavy atom. The van der Waals surface area contributed by atoms with E-state index in [0.29, 0.717) is 12.0 Å². The molecule has 15 heavy (non-hydrogen) atoms. The summed E-state index contributed by atoms with van der Waals surface area (Å²) in [5.74, 6) is 0. The summed E-state index contributed by atoms with van der Waals surface area (Å²) in [5, 5.41) is 9.42. The third-order valence-electron chi connectivity index (χ3n) is 1.89. The summed E-state index contributed by atoms with van der Waals surface area (Å²) in [6.07, 6.45) is -0.0545. The molecule has 1 rings (SSSR count). The molecular weight excluding hydrogens is 225 g/mol. The van der Waals surface area contributed by atoms with E-state index in [2.05, 4.69) is 0 Å². The van der Waals surface area contributed by atoms with Crippen LogP contribution in [0.25, 0.3) is 0 Å². The molecule has 0 aliphatic heterocycles. The Balaban J connectivity index is 2.72. The molecule has 0 saturated heterocycles. The van der Waals surface area contributed by atoms with Gasteiger partial charge in [0.25, 0.3) is 0 Å². The maximum Gasteiger partial charge on any atom is 0.446 e. The van der Waals surface area contributed by atoms with Crippen molar-refractivity contribution in [3.63, 3.8) is 0 Å². The van der Waals surface area contributed by atoms with Crippen molar-refractivity contribution in [2.75, 3.05) is 0 Å². The molecule has 1 aromatic rings. The Morgan fingerprint density at radius 1 is 1.27 bits per heavy atom. The van der Waals surface area contributed by atoms with E-state index in [1.807, 2.05) is 6.92 Å². The first-order chi connectivity index (χ1) is 6.92. The molecule has 0 fully saturated rings. The molecule has 0 heterocycles. The van der Waals surface area contributed by atoms with Crippen LogP contribution < -0.4 is 0 Å². The van der Waals surface area contributed by atoms with Crippen molar-refractivity contribution in [3.05, 3.63) is 29.8 Å². The van der Waals surface area contributed by atoms with Gasteiger partial charge in [-0.15, -0.1) is 0 Å². The van der Waals surface area contributed by atoms with Gasteiger partial charge in [0.2, 0.25) is 0 Å². The highest BCUT2D eigenvalue weighted by molar-refractivity contribution is 8.00. The van der Waals surface area contributed by atoms with Gasteiger partial charge in [0.1, 0.15) is 0 Å². The van der Waals surface area contributed by atoms with Gasteiger partial charge in [-0.05, 0) is 35.9 Å². The summed E-state index contributed by atoms with van der Waals surface area (Å²) < 4.78 is 35.9. The van der Waals surface area contributed by atoms with E-state index < -0.39 is 11.6 Å². The largest absolute Gasteiger partial charge is 0.446 e. The second-order valence-electron chi connectivity index (χ2n) is 3.04. The van der Waals surface area contributed by atoms with Crippen LogP contribution in [0.5, 0.6) is 0 Å². The number of aliphatic hydroxyl groups excluding tert-OH is 1. The summed E-state index contributed by atoms with van der Waals surface area (Å²) >= 11 is -0.153. The molecule has 1 N–H and O–H groups in total. The summed E-state index contributed by atoms with van der Waals surface area (Å²) in [4.78, 5) is 0.134. The van der Waals surface area contributed by atoms with Crippen molar-refractivity contribution in [2.24, 2.45) is 0 Å². The van der Waals surface area contributed by atoms with Crippen molar-refractivity contribution >= 4 is 11.8 Å². The lowest BCUT2D eigenvalue weighted by molar-refractivity contribution is -0.0328. The molecule has 0 amide bonds. The van der Waals surface area contributed by atoms with Gasteiger partial charge in [0.15, 0.2) is 0 Å². The van der Waals surface area contributed by atoms with Crippen LogP contribution in [0.2, 0.25) is 0 Å². The van der Waals surface area contributed by atoms with Gasteiger partial charge >= 0.3 is 5.51 Å². The molecule has 1 aromatic carbocycles. The van der Waals surface area contributed by atoms with Crippen molar-refractivity contribution in [1.82, 2.24) is 0 Å². The monoisotopic (exact) mass is 236 g/mol. The molecule has 84 valence electrons. The fourth-order valence-corrected chi connectivity index (χ4v) is 1.67. The fourth-order valence-electron chi connectivity index (χ4n) is 1.13. The normalized spacial score (nSPS) is 13.9. The summed E-state index contributed by atoms with van der Waals surface area (Å²) in [7, 11) is 0. The van der Waals surface area contributed by atoms with Crippen LogP contribution in [0.15, 0.2) is 29.2 Å². The lowest BCUT2D eigenvalue weighted by atomic mass is 10.1. The first kappa shape index (κ1) is 12.4. The van der Waals surface area contributed by atoms with Gasteiger partial charge in [-0.3, -0.25) is 0 Å². The second-order valence-corrected chi connectivity index (χ2v) is 4.18. The highest BCUT2D eigenvalue weighted by atomic mass is 32.2. The van der Waals surface area contributed by atoms with E-state index in [0.717, 1.165) is 0 Å². The quantitative estimate of drug-likeness (QED) is 0.807. The number of benzene rings is 1. The molecule has 0 aliphatic carbocycles. The van der Waals surface area contributed by atoms with E-state index >= 15 is 0 Å². The molecule has 0 spiro atoms. The summed E-state index contributed by atoms with van der Waals surface area (Å²) in [5.41, 5.74) is -3.62. The Hall–Kier alpha value is -0.680. The fraction of sp³-hybridized carbons (Fsp3) is 0.400. The molecular formula is C10H11F3OS. The highest BCUT2D eigenvalue weighted by Crippen LogP contribution is 2.37. The number of hydrogen-bond acceptors (Lipinski definition) is 2. The van der Waals surface area contributed by atoms with Crippen LogP contribution in [0.4, 0.5) is 13.2 Å². The molecule has 1 nitrogen and oxygen atoms in total. The molecule has 1 atom stereocenters. The maximum absolute atomic E-state index is 12.0. The lowest BCUT2D eigenvalue weighted by Crippen LogP contribution is -1.99. The minimum Gasteiger partial charge on any atom is -0.388 e. The van der Waals surface area contributed by atoms with Gasteiger partial charge in [-0.25, -0.2) is 0 Å². The van der Waals surface area contributed by atoms with Crippen molar-refractivity contribution < 1.29 is 18.3 Å². The minimum absolute atomic E-state index is 0.134. The van der Waals surface area contributed by atoms with Gasteiger partial charge in [0.05, 0.1) is 6.10 Å². The lowest BCUT2D eigenvalue weighted by Gasteiger charge is -2.09. The average molecular weight is 236 g/mol. The van der Waals surface area contributed by atoms with Crippen LogP contribution >= 0.6 is 11.8 Å². The molecule has 0 radical (unpaired) electrons. The number of halogens is 3. The number of rotatable bonds is 3. The standard InChI is InChI=1S/C10H11F3OS/c1-2-9(14)7-3-5-8(6-4-7)15-10(11,12)13/h3-6,9,14H,2H2,1H3. The first-order valence-corrected chi connectivity index (χ1v) is 5.28. The zero-order valence-electron chi connectivity index (χ0n) is 8.08. The van der Waals surface area contributed by atoms with Crippen LogP contribution in [0.3, 0.4) is 0 Å². The number of hydrogen-bond donors (Lipinski definition) is 1. The molecule has 0 saturated carbocycles. The zero-order chi connectivity index (χ0) is 11.5. The van der Waals surface area contributed by atoms with Gasteiger partial charge < -0.3 is 5.11 Å². The van der Waals surface area contributed by atoms with E-state index in [-0.39, 0.29) is 16.7 Å². The number of thioether (sulfide) groups is 1. The third kappa shape index (κ3) is 4.13. The topological polar surface area (TPSA) is 20.2 Å². The molecule has 5 heteroatoms. The van der Waals surface area contributed by atoms with E-state index in [9.17, 15) is 18.3 Å². The van der Waals surface area contributed by atoms with Crippen molar-refractivity contribution in [1.29, 1.82) is 0 Å². The van der Waals surface area contributed by atoms with E-state index in [1.54, 1.807) is 0 Å². The highest BCUT2D eigenvalue weighted by Gasteiger charge is 2.29. The predicted molar refractivity (Wildman–Crippen MR) is 53.6 cm³/mol. The Morgan fingerprint density at radius 2 is 1.80 bits per heavy atom. The van der Waals surface area contributed by atoms with Gasteiger partial charge in [-0.2, -0.15) is 13.2 Å². The Labute approximate surface area is 90.3 Å². The predicted octanol–water partition coefficient (Wildman–Crippen LogP) is 3.74. The molecule has 0 aliphatic rings. The van der Waals surface area contributed by atoms with E-state index in [4.69, 9.17) is 0 Å². The Kier molecular flexibility index (Phi) is 4.04. The average Bonchev–Trinajstić information content (AvgIpc) is 2.15.